The zero-order valence-electron chi connectivity index (χ0n) is 22.3. The second-order valence-electron chi connectivity index (χ2n) is 11.1. The fourth-order valence-corrected chi connectivity index (χ4v) is 5.41. The van der Waals surface area contributed by atoms with E-state index in [2.05, 4.69) is 51.7 Å². The summed E-state index contributed by atoms with van der Waals surface area (Å²) in [7, 11) is 2.18. The topological polar surface area (TPSA) is 54.4 Å². The first-order valence-electron chi connectivity index (χ1n) is 13.0. The number of piperidine rings is 1. The number of ether oxygens (including phenoxy) is 1. The van der Waals surface area contributed by atoms with Crippen molar-refractivity contribution in [3.63, 3.8) is 0 Å². The van der Waals surface area contributed by atoms with Gasteiger partial charge in [0.2, 0.25) is 0 Å². The average Bonchev–Trinajstić information content (AvgIpc) is 2.87. The molecule has 2 aliphatic heterocycles. The molecule has 5 rings (SSSR count). The quantitative estimate of drug-likeness (QED) is 0.448. The molecule has 0 bridgehead atoms. The minimum absolute atomic E-state index is 0.0751. The molecule has 196 valence electrons. The third-order valence-electron chi connectivity index (χ3n) is 7.85. The Kier molecular flexibility index (Phi) is 6.88. The number of rotatable bonds is 5. The molecule has 2 aromatic heterocycles. The monoisotopic (exact) mass is 507 g/mol. The van der Waals surface area contributed by atoms with Crippen molar-refractivity contribution in [1.29, 1.82) is 0 Å². The summed E-state index contributed by atoms with van der Waals surface area (Å²) in [5.74, 6) is 0.00780. The first kappa shape index (κ1) is 25.5. The van der Waals surface area contributed by atoms with Gasteiger partial charge in [-0.3, -0.25) is 4.98 Å². The third-order valence-corrected chi connectivity index (χ3v) is 7.85. The van der Waals surface area contributed by atoms with E-state index >= 15 is 0 Å². The van der Waals surface area contributed by atoms with Crippen LogP contribution in [0.2, 0.25) is 0 Å². The molecule has 1 unspecified atom stereocenters. The molecular formula is C29H35F2N5O. The summed E-state index contributed by atoms with van der Waals surface area (Å²) in [6.45, 7) is 10.8. The van der Waals surface area contributed by atoms with E-state index in [0.29, 0.717) is 42.6 Å². The van der Waals surface area contributed by atoms with E-state index in [1.54, 1.807) is 6.07 Å². The molecular weight excluding hydrogens is 472 g/mol. The normalized spacial score (nSPS) is 19.6. The van der Waals surface area contributed by atoms with Crippen molar-refractivity contribution in [2.45, 2.75) is 64.5 Å². The Morgan fingerprint density at radius 2 is 1.89 bits per heavy atom. The maximum absolute atomic E-state index is 15.0. The lowest BCUT2D eigenvalue weighted by atomic mass is 9.80. The molecule has 6 nitrogen and oxygen atoms in total. The maximum atomic E-state index is 15.0. The number of halogens is 2. The third kappa shape index (κ3) is 5.17. The number of benzene rings is 1. The van der Waals surface area contributed by atoms with Crippen LogP contribution in [-0.4, -0.2) is 58.2 Å². The van der Waals surface area contributed by atoms with Gasteiger partial charge in [-0.1, -0.05) is 6.07 Å². The fraction of sp³-hybridized carbons (Fsp3) is 0.483. The Morgan fingerprint density at radius 1 is 1.08 bits per heavy atom. The highest BCUT2D eigenvalue weighted by molar-refractivity contribution is 5.72. The minimum Gasteiger partial charge on any atom is -0.486 e. The zero-order valence-corrected chi connectivity index (χ0v) is 22.3. The molecule has 0 saturated carbocycles. The molecule has 1 aromatic carbocycles. The highest BCUT2D eigenvalue weighted by Crippen LogP contribution is 2.39. The van der Waals surface area contributed by atoms with E-state index < -0.39 is 11.6 Å². The van der Waals surface area contributed by atoms with E-state index in [-0.39, 0.29) is 23.0 Å². The van der Waals surface area contributed by atoms with E-state index in [1.165, 1.54) is 11.6 Å². The van der Waals surface area contributed by atoms with Crippen LogP contribution in [0.4, 0.5) is 14.5 Å². The van der Waals surface area contributed by atoms with Crippen molar-refractivity contribution in [3.05, 3.63) is 65.4 Å². The number of hydrogen-bond acceptors (Lipinski definition) is 6. The standard InChI is InChI=1S/C29H35F2N5O/c1-18(2)36-10-11-37-28-23(30)12-21(13-25(28)36)27-24(31)17-33-26(34-27)14-22-7-6-20(16-32-22)19-8-9-35(5)29(3,4)15-19/h6-7,12-13,16-19H,8-11,14-15H2,1-5H3. The van der Waals surface area contributed by atoms with Gasteiger partial charge in [-0.05, 0) is 83.8 Å². The maximum Gasteiger partial charge on any atom is 0.178 e. The second-order valence-corrected chi connectivity index (χ2v) is 11.1. The van der Waals surface area contributed by atoms with Gasteiger partial charge in [0.05, 0.1) is 24.8 Å². The highest BCUT2D eigenvalue weighted by atomic mass is 19.1. The van der Waals surface area contributed by atoms with Crippen molar-refractivity contribution in [1.82, 2.24) is 19.9 Å². The van der Waals surface area contributed by atoms with Crippen molar-refractivity contribution in [3.8, 4) is 17.0 Å². The second kappa shape index (κ2) is 9.97. The van der Waals surface area contributed by atoms with Crippen LogP contribution in [0.5, 0.6) is 5.75 Å². The largest absolute Gasteiger partial charge is 0.486 e. The Morgan fingerprint density at radius 3 is 2.59 bits per heavy atom. The summed E-state index contributed by atoms with van der Waals surface area (Å²) in [6, 6.07) is 7.33. The predicted molar refractivity (Wildman–Crippen MR) is 141 cm³/mol. The summed E-state index contributed by atoms with van der Waals surface area (Å²) in [6.07, 6.45) is 5.67. The summed E-state index contributed by atoms with van der Waals surface area (Å²) in [4.78, 5) is 17.8. The smallest absolute Gasteiger partial charge is 0.178 e. The first-order chi connectivity index (χ1) is 17.6. The lowest BCUT2D eigenvalue weighted by Crippen LogP contribution is -2.46. The van der Waals surface area contributed by atoms with Crippen LogP contribution in [-0.2, 0) is 6.42 Å². The van der Waals surface area contributed by atoms with Crippen LogP contribution in [0.25, 0.3) is 11.3 Å². The Bertz CT molecular complexity index is 1280. The number of nitrogens with zero attached hydrogens (tertiary/aromatic N) is 5. The van der Waals surface area contributed by atoms with Crippen LogP contribution in [0, 0.1) is 11.6 Å². The molecule has 0 radical (unpaired) electrons. The average molecular weight is 508 g/mol. The lowest BCUT2D eigenvalue weighted by molar-refractivity contribution is 0.0941. The molecule has 1 fully saturated rings. The van der Waals surface area contributed by atoms with Crippen molar-refractivity contribution in [2.24, 2.45) is 0 Å². The molecule has 1 atom stereocenters. The molecule has 1 saturated heterocycles. The minimum atomic E-state index is -0.593. The number of pyridine rings is 1. The van der Waals surface area contributed by atoms with Crippen molar-refractivity contribution >= 4 is 5.69 Å². The summed E-state index contributed by atoms with van der Waals surface area (Å²) < 4.78 is 35.4. The molecule has 8 heteroatoms. The number of fused-ring (bicyclic) bond motifs is 1. The predicted octanol–water partition coefficient (Wildman–Crippen LogP) is 5.60. The van der Waals surface area contributed by atoms with Gasteiger partial charge in [-0.25, -0.2) is 18.7 Å². The van der Waals surface area contributed by atoms with Crippen LogP contribution in [0.15, 0.2) is 36.7 Å². The highest BCUT2D eigenvalue weighted by Gasteiger charge is 2.33. The van der Waals surface area contributed by atoms with E-state index in [9.17, 15) is 8.78 Å². The van der Waals surface area contributed by atoms with Crippen LogP contribution < -0.4 is 9.64 Å². The Labute approximate surface area is 217 Å². The van der Waals surface area contributed by atoms with Crippen LogP contribution in [0.1, 0.15) is 63.5 Å². The van der Waals surface area contributed by atoms with Gasteiger partial charge in [-0.2, -0.15) is 0 Å². The van der Waals surface area contributed by atoms with E-state index in [4.69, 9.17) is 4.74 Å². The molecule has 0 amide bonds. The lowest BCUT2D eigenvalue weighted by Gasteiger charge is -2.43. The number of likely N-dealkylation sites (tertiary alicyclic amines) is 1. The summed E-state index contributed by atoms with van der Waals surface area (Å²) in [5, 5.41) is 0. The number of aromatic nitrogens is 3. The first-order valence-corrected chi connectivity index (χ1v) is 13.0. The molecule has 2 aliphatic rings. The van der Waals surface area contributed by atoms with Gasteiger partial charge >= 0.3 is 0 Å². The Balaban J connectivity index is 1.38. The van der Waals surface area contributed by atoms with E-state index in [1.807, 2.05) is 26.1 Å². The molecule has 0 spiro atoms. The molecule has 3 aromatic rings. The van der Waals surface area contributed by atoms with E-state index in [0.717, 1.165) is 31.3 Å². The van der Waals surface area contributed by atoms with Crippen LogP contribution >= 0.6 is 0 Å². The van der Waals surface area contributed by atoms with Gasteiger partial charge in [0.25, 0.3) is 0 Å². The van der Waals surface area contributed by atoms with Crippen LogP contribution in [0.3, 0.4) is 0 Å². The molecule has 0 aliphatic carbocycles. The summed E-state index contributed by atoms with van der Waals surface area (Å²) >= 11 is 0. The molecule has 4 heterocycles. The van der Waals surface area contributed by atoms with Gasteiger partial charge in [0, 0.05) is 29.0 Å². The van der Waals surface area contributed by atoms with Crippen molar-refractivity contribution < 1.29 is 13.5 Å². The molecule has 0 N–H and O–H groups in total. The number of anilines is 1. The summed E-state index contributed by atoms with van der Waals surface area (Å²) in [5.41, 5.74) is 3.27. The Hall–Kier alpha value is -3.13. The molecule has 37 heavy (non-hydrogen) atoms. The zero-order chi connectivity index (χ0) is 26.3. The van der Waals surface area contributed by atoms with Gasteiger partial charge in [0.15, 0.2) is 17.4 Å². The van der Waals surface area contributed by atoms with Gasteiger partial charge in [0.1, 0.15) is 18.1 Å². The van der Waals surface area contributed by atoms with Gasteiger partial charge in [-0.15, -0.1) is 0 Å². The van der Waals surface area contributed by atoms with Crippen molar-refractivity contribution in [2.75, 3.05) is 31.6 Å². The fourth-order valence-electron chi connectivity index (χ4n) is 5.41. The van der Waals surface area contributed by atoms with Gasteiger partial charge < -0.3 is 14.5 Å². The number of hydrogen-bond donors (Lipinski definition) is 0. The SMILES string of the molecule is CC(C)N1CCOc2c(F)cc(-c3nc(Cc4ccc(C5CCN(C)C(C)(C)C5)cn4)ncc3F)cc21.